The van der Waals surface area contributed by atoms with Gasteiger partial charge in [0.2, 0.25) is 10.0 Å². The summed E-state index contributed by atoms with van der Waals surface area (Å²) in [5, 5.41) is 19.2. The number of carbonyl (C=O) groups excluding carboxylic acids is 1. The predicted molar refractivity (Wildman–Crippen MR) is 138 cm³/mol. The second-order valence-corrected chi connectivity index (χ2v) is 11.5. The number of benzene rings is 2. The van der Waals surface area contributed by atoms with Crippen molar-refractivity contribution in [2.24, 2.45) is 0 Å². The van der Waals surface area contributed by atoms with Gasteiger partial charge in [0.15, 0.2) is 5.13 Å². The van der Waals surface area contributed by atoms with Crippen LogP contribution >= 0.6 is 22.9 Å². The molecule has 0 atom stereocenters. The lowest BCUT2D eigenvalue weighted by molar-refractivity contribution is 0.0746. The van der Waals surface area contributed by atoms with E-state index in [1.807, 2.05) is 30.3 Å². The summed E-state index contributed by atoms with van der Waals surface area (Å²) in [7, 11) is -3.88. The Morgan fingerprint density at radius 2 is 1.67 bits per heavy atom. The highest BCUT2D eigenvalue weighted by Crippen LogP contribution is 2.33. The van der Waals surface area contributed by atoms with Crippen LogP contribution in [0.25, 0.3) is 10.2 Å². The predicted octanol–water partition coefficient (Wildman–Crippen LogP) is 3.73. The highest BCUT2D eigenvalue weighted by atomic mass is 35.5. The first-order valence-corrected chi connectivity index (χ1v) is 13.9. The Hall–Kier alpha value is -3.22. The molecule has 2 heterocycles. The smallest absolute Gasteiger partial charge is 0.253 e. The van der Waals surface area contributed by atoms with Crippen molar-refractivity contribution in [3.63, 3.8) is 0 Å². The number of nitrogens with zero attached hydrogens (tertiary/aromatic N) is 6. The van der Waals surface area contributed by atoms with E-state index in [-0.39, 0.29) is 36.7 Å². The minimum absolute atomic E-state index is 0.00629. The number of sulfonamides is 1. The molecule has 1 aromatic heterocycles. The van der Waals surface area contributed by atoms with Crippen LogP contribution in [0.4, 0.5) is 5.13 Å². The maximum absolute atomic E-state index is 13.1. The number of halogens is 1. The molecule has 186 valence electrons. The number of amides is 1. The van der Waals surface area contributed by atoms with Crippen molar-refractivity contribution in [1.29, 1.82) is 10.5 Å². The number of rotatable bonds is 8. The number of anilines is 1. The zero-order valence-corrected chi connectivity index (χ0v) is 21.7. The Labute approximate surface area is 218 Å². The van der Waals surface area contributed by atoms with Crippen LogP contribution in [0.3, 0.4) is 0 Å². The van der Waals surface area contributed by atoms with Gasteiger partial charge in [0.25, 0.3) is 5.91 Å². The minimum atomic E-state index is -3.88. The van der Waals surface area contributed by atoms with Crippen LogP contribution in [-0.4, -0.2) is 67.8 Å². The van der Waals surface area contributed by atoms with E-state index in [0.717, 1.165) is 19.7 Å². The molecule has 0 N–H and O–H groups in total. The van der Waals surface area contributed by atoms with E-state index < -0.39 is 10.0 Å². The van der Waals surface area contributed by atoms with Crippen molar-refractivity contribution in [3.8, 4) is 12.1 Å². The lowest BCUT2D eigenvalue weighted by Gasteiger charge is -2.34. The molecule has 0 saturated carbocycles. The average Bonchev–Trinajstić information content (AvgIpc) is 3.34. The number of fused-ring (bicyclic) bond motifs is 1. The van der Waals surface area contributed by atoms with Crippen LogP contribution in [0.5, 0.6) is 0 Å². The summed E-state index contributed by atoms with van der Waals surface area (Å²) in [6, 6.07) is 15.4. The Morgan fingerprint density at radius 3 is 2.25 bits per heavy atom. The van der Waals surface area contributed by atoms with Gasteiger partial charge in [-0.05, 0) is 36.4 Å². The minimum Gasteiger partial charge on any atom is -0.345 e. The van der Waals surface area contributed by atoms with Crippen LogP contribution in [0.1, 0.15) is 23.2 Å². The number of hydrogen-bond donors (Lipinski definition) is 0. The fraction of sp³-hybridized carbons (Fsp3) is 0.333. The third-order valence-electron chi connectivity index (χ3n) is 5.88. The van der Waals surface area contributed by atoms with Gasteiger partial charge in [0.05, 0.1) is 26.8 Å². The largest absolute Gasteiger partial charge is 0.345 e. The third-order valence-corrected chi connectivity index (χ3v) is 9.18. The molecule has 0 spiro atoms. The molecular formula is C24H23ClN6O3S2. The van der Waals surface area contributed by atoms with Crippen molar-refractivity contribution in [3.05, 3.63) is 53.1 Å². The summed E-state index contributed by atoms with van der Waals surface area (Å²) in [6.07, 6.45) is 0.0501. The van der Waals surface area contributed by atoms with Crippen molar-refractivity contribution in [2.45, 2.75) is 17.7 Å². The van der Waals surface area contributed by atoms with E-state index >= 15 is 0 Å². The molecule has 3 aromatic rings. The van der Waals surface area contributed by atoms with Gasteiger partial charge >= 0.3 is 0 Å². The van der Waals surface area contributed by atoms with Gasteiger partial charge < -0.3 is 9.80 Å². The van der Waals surface area contributed by atoms with Crippen LogP contribution in [0, 0.1) is 22.7 Å². The first-order valence-electron chi connectivity index (χ1n) is 11.3. The summed E-state index contributed by atoms with van der Waals surface area (Å²) >= 11 is 7.82. The fourth-order valence-electron chi connectivity index (χ4n) is 3.94. The molecule has 1 saturated heterocycles. The van der Waals surface area contributed by atoms with Crippen molar-refractivity contribution in [2.75, 3.05) is 44.2 Å². The maximum atomic E-state index is 13.1. The van der Waals surface area contributed by atoms with Crippen LogP contribution in [0.2, 0.25) is 5.02 Å². The molecule has 1 fully saturated rings. The van der Waals surface area contributed by atoms with Gasteiger partial charge in [0, 0.05) is 57.7 Å². The van der Waals surface area contributed by atoms with Crippen molar-refractivity contribution >= 4 is 54.2 Å². The number of thiazole rings is 1. The molecule has 0 bridgehead atoms. The summed E-state index contributed by atoms with van der Waals surface area (Å²) < 4.78 is 28.1. The third kappa shape index (κ3) is 5.45. The molecule has 12 heteroatoms. The number of para-hydroxylation sites is 1. The Balaban J connectivity index is 1.41. The Morgan fingerprint density at radius 1 is 1.03 bits per heavy atom. The van der Waals surface area contributed by atoms with Crippen molar-refractivity contribution in [1.82, 2.24) is 14.2 Å². The van der Waals surface area contributed by atoms with E-state index in [4.69, 9.17) is 22.1 Å². The van der Waals surface area contributed by atoms with E-state index in [0.29, 0.717) is 36.8 Å². The molecule has 4 rings (SSSR count). The monoisotopic (exact) mass is 542 g/mol. The number of aromatic nitrogens is 1. The maximum Gasteiger partial charge on any atom is 0.253 e. The molecule has 0 radical (unpaired) electrons. The SMILES string of the molecule is N#CCCN(CCC#N)S(=O)(=O)c1ccc(C(=O)N2CCN(c3nc4c(Cl)cccc4s3)CC2)cc1. The van der Waals surface area contributed by atoms with E-state index in [2.05, 4.69) is 9.88 Å². The van der Waals surface area contributed by atoms with Crippen molar-refractivity contribution < 1.29 is 13.2 Å². The highest BCUT2D eigenvalue weighted by Gasteiger charge is 2.27. The van der Waals surface area contributed by atoms with E-state index in [1.54, 1.807) is 16.2 Å². The molecule has 0 aliphatic carbocycles. The standard InChI is InChI=1S/C24H23ClN6O3S2/c25-20-4-1-5-21-22(20)28-24(35-21)30-16-14-29(15-17-30)23(32)18-6-8-19(9-7-18)36(33,34)31(12-2-10-26)13-3-11-27/h1,4-9H,2-3,12-17H2. The van der Waals surface area contributed by atoms with Gasteiger partial charge in [-0.1, -0.05) is 29.0 Å². The summed E-state index contributed by atoms with van der Waals surface area (Å²) in [6.45, 7) is 2.29. The van der Waals surface area contributed by atoms with Gasteiger partial charge in [0.1, 0.15) is 5.52 Å². The molecule has 1 aliphatic rings. The van der Waals surface area contributed by atoms with Crippen LogP contribution < -0.4 is 4.90 Å². The van der Waals surface area contributed by atoms with E-state index in [9.17, 15) is 13.2 Å². The molecule has 1 aliphatic heterocycles. The number of carbonyl (C=O) groups is 1. The molecule has 1 amide bonds. The summed E-state index contributed by atoms with van der Waals surface area (Å²) in [5.41, 5.74) is 1.18. The van der Waals surface area contributed by atoms with Gasteiger partial charge in [-0.15, -0.1) is 0 Å². The quantitative estimate of drug-likeness (QED) is 0.425. The Bertz CT molecular complexity index is 1420. The zero-order valence-electron chi connectivity index (χ0n) is 19.3. The molecule has 2 aromatic carbocycles. The molecule has 9 nitrogen and oxygen atoms in total. The second kappa shape index (κ2) is 11.2. The zero-order chi connectivity index (χ0) is 25.7. The summed E-state index contributed by atoms with van der Waals surface area (Å²) in [4.78, 5) is 21.6. The first kappa shape index (κ1) is 25.9. The number of hydrogen-bond acceptors (Lipinski definition) is 8. The molecular weight excluding hydrogens is 520 g/mol. The molecule has 0 unspecified atom stereocenters. The number of nitriles is 2. The van der Waals surface area contributed by atoms with Gasteiger partial charge in [-0.2, -0.15) is 14.8 Å². The van der Waals surface area contributed by atoms with Gasteiger partial charge in [-0.25, -0.2) is 13.4 Å². The topological polar surface area (TPSA) is 121 Å². The fourth-order valence-corrected chi connectivity index (χ4v) is 6.70. The summed E-state index contributed by atoms with van der Waals surface area (Å²) in [5.74, 6) is -0.170. The highest BCUT2D eigenvalue weighted by molar-refractivity contribution is 7.89. The van der Waals surface area contributed by atoms with Gasteiger partial charge in [-0.3, -0.25) is 4.79 Å². The van der Waals surface area contributed by atoms with Crippen LogP contribution in [0.15, 0.2) is 47.4 Å². The molecule has 36 heavy (non-hydrogen) atoms. The lowest BCUT2D eigenvalue weighted by atomic mass is 10.2. The second-order valence-electron chi connectivity index (χ2n) is 8.11. The van der Waals surface area contributed by atoms with Crippen LogP contribution in [-0.2, 0) is 10.0 Å². The Kier molecular flexibility index (Phi) is 8.07. The van der Waals surface area contributed by atoms with E-state index in [1.165, 1.54) is 24.3 Å². The lowest BCUT2D eigenvalue weighted by Crippen LogP contribution is -2.48. The average molecular weight is 543 g/mol. The number of piperazine rings is 1. The first-order chi connectivity index (χ1) is 17.3. The normalized spacial score (nSPS) is 14.1.